The summed E-state index contributed by atoms with van der Waals surface area (Å²) in [6, 6.07) is 7.13. The highest BCUT2D eigenvalue weighted by atomic mass is 32.2. The van der Waals surface area contributed by atoms with Crippen molar-refractivity contribution in [2.45, 2.75) is 67.2 Å². The van der Waals surface area contributed by atoms with E-state index in [1.165, 1.54) is 11.1 Å². The number of amides is 2. The van der Waals surface area contributed by atoms with Gasteiger partial charge in [-0.25, -0.2) is 0 Å². The summed E-state index contributed by atoms with van der Waals surface area (Å²) in [6.07, 6.45) is 4.10. The minimum absolute atomic E-state index is 0.0756. The Morgan fingerprint density at radius 1 is 1.33 bits per heavy atom. The summed E-state index contributed by atoms with van der Waals surface area (Å²) in [6.45, 7) is 1.65. The molecule has 2 bridgehead atoms. The zero-order chi connectivity index (χ0) is 23.1. The predicted octanol–water partition coefficient (Wildman–Crippen LogP) is 0.630. The normalized spacial score (nSPS) is 29.5. The van der Waals surface area contributed by atoms with Crippen LogP contribution in [0, 0.1) is 11.3 Å². The Bertz CT molecular complexity index is 986. The van der Waals surface area contributed by atoms with Crippen LogP contribution in [0.25, 0.3) is 0 Å². The lowest BCUT2D eigenvalue weighted by Gasteiger charge is -2.38. The molecule has 11 heteroatoms. The molecule has 4 N–H and O–H groups in total. The smallest absolute Gasteiger partial charge is 0.241 e. The fourth-order valence-corrected chi connectivity index (χ4v) is 6.41. The van der Waals surface area contributed by atoms with Gasteiger partial charge in [0, 0.05) is 30.6 Å². The number of aryl methyl sites for hydroxylation is 1. The number of nitriles is 1. The maximum absolute atomic E-state index is 13.3. The van der Waals surface area contributed by atoms with Crippen molar-refractivity contribution >= 4 is 23.9 Å². The zero-order valence-corrected chi connectivity index (χ0v) is 19.1. The summed E-state index contributed by atoms with van der Waals surface area (Å²) in [5, 5.41) is 9.26. The summed E-state index contributed by atoms with van der Waals surface area (Å²) in [5.74, 6) is 4.85. The molecule has 0 radical (unpaired) electrons. The van der Waals surface area contributed by atoms with Gasteiger partial charge in [-0.15, -0.1) is 9.32 Å². The van der Waals surface area contributed by atoms with Crippen molar-refractivity contribution in [1.29, 1.82) is 5.26 Å². The lowest BCUT2D eigenvalue weighted by Crippen LogP contribution is -2.56. The highest BCUT2D eigenvalue weighted by molar-refractivity contribution is 7.94. The monoisotopic (exact) mass is 472 g/mol. The van der Waals surface area contributed by atoms with Gasteiger partial charge < -0.3 is 15.5 Å². The molecule has 33 heavy (non-hydrogen) atoms. The van der Waals surface area contributed by atoms with E-state index in [4.69, 9.17) is 16.0 Å². The van der Waals surface area contributed by atoms with Gasteiger partial charge in [-0.2, -0.15) is 11.2 Å². The number of fused-ring (bicyclic) bond motifs is 3. The van der Waals surface area contributed by atoms with Crippen molar-refractivity contribution in [1.82, 2.24) is 14.7 Å². The third-order valence-electron chi connectivity index (χ3n) is 7.41. The number of rotatable bonds is 7. The van der Waals surface area contributed by atoms with Gasteiger partial charge in [0.25, 0.3) is 0 Å². The lowest BCUT2D eigenvalue weighted by molar-refractivity contribution is -0.195. The molecule has 0 spiro atoms. The average Bonchev–Trinajstić information content (AvgIpc) is 3.59. The lowest BCUT2D eigenvalue weighted by atomic mass is 10.1. The standard InChI is InChI=1S/C22H28N6O4S/c23-10-14-2-1-7-27(14)21(29)18(24)12-26-11-15-9-20(26)22(30)28(15)19-6-3-13-8-16(33-32-31-25)4-5-17(13)19/h4-5,8,14-15,18-20H,1-3,6-7,9,11-12,24-25H2/t14-,15?,18-,19+,20-/m0/s1. The maximum atomic E-state index is 13.3. The molecule has 1 unspecified atom stereocenters. The SMILES string of the molecule is N#C[C@@H]1CCCN1C(=O)[C@@H](N)CN1CC2C[C@H]1C(=O)N2[C@@H]1CCc2cc(SOON)ccc21. The number of carbonyl (C=O) groups excluding carboxylic acids is 2. The van der Waals surface area contributed by atoms with Crippen molar-refractivity contribution < 1.29 is 18.9 Å². The molecule has 3 saturated heterocycles. The maximum Gasteiger partial charge on any atom is 0.241 e. The van der Waals surface area contributed by atoms with Crippen LogP contribution < -0.4 is 11.6 Å². The summed E-state index contributed by atoms with van der Waals surface area (Å²) in [4.78, 5) is 36.9. The highest BCUT2D eigenvalue weighted by Crippen LogP contribution is 2.44. The predicted molar refractivity (Wildman–Crippen MR) is 119 cm³/mol. The molecule has 5 rings (SSSR count). The van der Waals surface area contributed by atoms with E-state index in [0.29, 0.717) is 19.5 Å². The fourth-order valence-electron chi connectivity index (χ4n) is 5.98. The van der Waals surface area contributed by atoms with E-state index in [1.54, 1.807) is 4.90 Å². The molecule has 0 aromatic heterocycles. The Morgan fingerprint density at radius 2 is 2.18 bits per heavy atom. The highest BCUT2D eigenvalue weighted by Gasteiger charge is 2.53. The molecule has 1 aromatic carbocycles. The third-order valence-corrected chi connectivity index (χ3v) is 8.01. The Hall–Kier alpha value is -2.20. The van der Waals surface area contributed by atoms with Crippen LogP contribution in [0.4, 0.5) is 0 Å². The van der Waals surface area contributed by atoms with E-state index in [2.05, 4.69) is 33.0 Å². The number of likely N-dealkylation sites (tertiary alicyclic amines) is 3. The van der Waals surface area contributed by atoms with Crippen molar-refractivity contribution in [3.8, 4) is 6.07 Å². The molecule has 10 nitrogen and oxygen atoms in total. The minimum Gasteiger partial charge on any atom is -0.330 e. The third kappa shape index (κ3) is 4.01. The molecule has 3 aliphatic heterocycles. The number of hydrogen-bond donors (Lipinski definition) is 2. The number of nitrogens with zero attached hydrogens (tertiary/aromatic N) is 4. The first-order valence-electron chi connectivity index (χ1n) is 11.4. The van der Waals surface area contributed by atoms with Crippen LogP contribution in [-0.2, 0) is 25.3 Å². The van der Waals surface area contributed by atoms with E-state index in [9.17, 15) is 14.9 Å². The van der Waals surface area contributed by atoms with E-state index >= 15 is 0 Å². The number of hydrogen-bond acceptors (Lipinski definition) is 9. The molecular formula is C22H28N6O4S. The van der Waals surface area contributed by atoms with Crippen molar-refractivity contribution in [3.05, 3.63) is 29.3 Å². The second kappa shape index (κ2) is 9.21. The van der Waals surface area contributed by atoms with Gasteiger partial charge in [-0.05, 0) is 55.4 Å². The van der Waals surface area contributed by atoms with E-state index in [-0.39, 0.29) is 36.0 Å². The molecular weight excluding hydrogens is 444 g/mol. The molecule has 0 saturated carbocycles. The summed E-state index contributed by atoms with van der Waals surface area (Å²) in [5.41, 5.74) is 8.64. The second-order valence-electron chi connectivity index (χ2n) is 9.19. The van der Waals surface area contributed by atoms with Gasteiger partial charge in [0.15, 0.2) is 0 Å². The quantitative estimate of drug-likeness (QED) is 0.332. The van der Waals surface area contributed by atoms with Crippen molar-refractivity contribution in [2.24, 2.45) is 11.6 Å². The first-order chi connectivity index (χ1) is 16.0. The van der Waals surface area contributed by atoms with Crippen LogP contribution in [0.1, 0.15) is 42.9 Å². The number of nitrogens with two attached hydrogens (primary N) is 2. The van der Waals surface area contributed by atoms with Crippen molar-refractivity contribution in [2.75, 3.05) is 19.6 Å². The van der Waals surface area contributed by atoms with Gasteiger partial charge in [-0.3, -0.25) is 14.5 Å². The first kappa shape index (κ1) is 22.6. The Morgan fingerprint density at radius 3 is 2.94 bits per heavy atom. The molecule has 4 aliphatic rings. The van der Waals surface area contributed by atoms with Crippen LogP contribution in [0.3, 0.4) is 0 Å². The Balaban J connectivity index is 1.23. The van der Waals surface area contributed by atoms with Crippen molar-refractivity contribution in [3.63, 3.8) is 0 Å². The number of carbonyl (C=O) groups is 2. The zero-order valence-electron chi connectivity index (χ0n) is 18.3. The van der Waals surface area contributed by atoms with Gasteiger partial charge in [-0.1, -0.05) is 6.07 Å². The number of piperazine rings is 1. The van der Waals surface area contributed by atoms with Crippen LogP contribution in [0.5, 0.6) is 0 Å². The Labute approximate surface area is 196 Å². The van der Waals surface area contributed by atoms with Gasteiger partial charge >= 0.3 is 0 Å². The summed E-state index contributed by atoms with van der Waals surface area (Å²) in [7, 11) is 0. The van der Waals surface area contributed by atoms with Crippen LogP contribution in [0.15, 0.2) is 23.1 Å². The molecule has 1 aromatic rings. The first-order valence-corrected chi connectivity index (χ1v) is 12.1. The van der Waals surface area contributed by atoms with E-state index < -0.39 is 6.04 Å². The second-order valence-corrected chi connectivity index (χ2v) is 9.97. The summed E-state index contributed by atoms with van der Waals surface area (Å²) < 4.78 is 4.74. The summed E-state index contributed by atoms with van der Waals surface area (Å²) >= 11 is 1.06. The number of benzene rings is 1. The van der Waals surface area contributed by atoms with Crippen LogP contribution in [-0.4, -0.2) is 70.3 Å². The van der Waals surface area contributed by atoms with Crippen LogP contribution >= 0.6 is 12.0 Å². The fraction of sp³-hybridized carbons (Fsp3) is 0.591. The molecule has 176 valence electrons. The Kier molecular flexibility index (Phi) is 6.30. The van der Waals surface area contributed by atoms with Gasteiger partial charge in [0.2, 0.25) is 11.8 Å². The average molecular weight is 473 g/mol. The van der Waals surface area contributed by atoms with E-state index in [1.807, 2.05) is 6.07 Å². The van der Waals surface area contributed by atoms with Gasteiger partial charge in [0.05, 0.1) is 36.2 Å². The molecule has 3 heterocycles. The molecule has 5 atom stereocenters. The molecule has 3 fully saturated rings. The molecule has 2 amide bonds. The van der Waals surface area contributed by atoms with Crippen LogP contribution in [0.2, 0.25) is 0 Å². The topological polar surface area (TPSA) is 138 Å². The molecule has 1 aliphatic carbocycles. The van der Waals surface area contributed by atoms with E-state index in [0.717, 1.165) is 49.2 Å². The minimum atomic E-state index is -0.720. The van der Waals surface area contributed by atoms with Gasteiger partial charge in [0.1, 0.15) is 6.04 Å². The largest absolute Gasteiger partial charge is 0.330 e.